The summed E-state index contributed by atoms with van der Waals surface area (Å²) in [4.78, 5) is 7.34. The maximum absolute atomic E-state index is 2.50. The predicted octanol–water partition coefficient (Wildman–Crippen LogP) is 20.7. The first-order valence-corrected chi connectivity index (χ1v) is 26.6. The maximum Gasteiger partial charge on any atom is 0.0554 e. The number of fused-ring (bicyclic) bond motifs is 9. The van der Waals surface area contributed by atoms with Gasteiger partial charge in [0, 0.05) is 76.2 Å². The van der Waals surface area contributed by atoms with Gasteiger partial charge in [-0.15, -0.1) is 11.3 Å². The minimum absolute atomic E-state index is 0.186. The van der Waals surface area contributed by atoms with E-state index in [4.69, 9.17) is 0 Å². The van der Waals surface area contributed by atoms with Gasteiger partial charge in [0.1, 0.15) is 0 Å². The molecule has 14 rings (SSSR count). The second kappa shape index (κ2) is 18.1. The average molecular weight is 978 g/mol. The molecule has 0 bridgehead atoms. The molecule has 1 aliphatic rings. The molecule has 356 valence electrons. The molecule has 13 aromatic rings. The van der Waals surface area contributed by atoms with Crippen molar-refractivity contribution in [2.45, 2.75) is 19.3 Å². The lowest BCUT2D eigenvalue weighted by Crippen LogP contribution is -2.17. The molecule has 0 N–H and O–H groups in total. The Morgan fingerprint density at radius 1 is 0.293 bits per heavy atom. The van der Waals surface area contributed by atoms with E-state index in [1.165, 1.54) is 64.0 Å². The zero-order valence-corrected chi connectivity index (χ0v) is 42.5. The first kappa shape index (κ1) is 44.5. The minimum atomic E-state index is -0.186. The second-order valence-electron chi connectivity index (χ2n) is 20.1. The summed E-state index contributed by atoms with van der Waals surface area (Å²) in [5.41, 5.74) is 17.1. The molecule has 3 nitrogen and oxygen atoms in total. The zero-order valence-electron chi connectivity index (χ0n) is 41.7. The van der Waals surface area contributed by atoms with Crippen LogP contribution in [0.1, 0.15) is 25.0 Å². The summed E-state index contributed by atoms with van der Waals surface area (Å²) in [7, 11) is 0. The molecule has 0 spiro atoms. The normalized spacial score (nSPS) is 12.5. The van der Waals surface area contributed by atoms with E-state index in [9.17, 15) is 0 Å². The largest absolute Gasteiger partial charge is 0.310 e. The molecule has 12 aromatic carbocycles. The average Bonchev–Trinajstić information content (AvgIpc) is 3.95. The van der Waals surface area contributed by atoms with Crippen LogP contribution in [0.5, 0.6) is 0 Å². The number of hydrogen-bond acceptors (Lipinski definition) is 4. The van der Waals surface area contributed by atoms with Gasteiger partial charge in [-0.2, -0.15) is 0 Å². The van der Waals surface area contributed by atoms with Crippen LogP contribution >= 0.6 is 11.3 Å². The molecule has 75 heavy (non-hydrogen) atoms. The molecule has 0 saturated carbocycles. The molecular weight excluding hydrogens is 927 g/mol. The lowest BCUT2D eigenvalue weighted by Gasteiger charge is -2.32. The van der Waals surface area contributed by atoms with Crippen molar-refractivity contribution in [1.29, 1.82) is 0 Å². The van der Waals surface area contributed by atoms with Crippen molar-refractivity contribution >= 4 is 104 Å². The van der Waals surface area contributed by atoms with Crippen LogP contribution in [0.2, 0.25) is 0 Å². The molecule has 0 radical (unpaired) electrons. The van der Waals surface area contributed by atoms with Gasteiger partial charge < -0.3 is 14.7 Å². The number of thiophene rings is 1. The van der Waals surface area contributed by atoms with Crippen molar-refractivity contribution in [3.8, 4) is 22.3 Å². The Bertz CT molecular complexity index is 4250. The third kappa shape index (κ3) is 7.56. The predicted molar refractivity (Wildman–Crippen MR) is 321 cm³/mol. The molecule has 4 heteroatoms. The fourth-order valence-electron chi connectivity index (χ4n) is 11.9. The van der Waals surface area contributed by atoms with Gasteiger partial charge in [-0.25, -0.2) is 0 Å². The van der Waals surface area contributed by atoms with E-state index >= 15 is 0 Å². The maximum atomic E-state index is 2.50. The third-order valence-corrected chi connectivity index (χ3v) is 16.5. The van der Waals surface area contributed by atoms with Crippen molar-refractivity contribution in [2.24, 2.45) is 0 Å². The summed E-state index contributed by atoms with van der Waals surface area (Å²) in [6, 6.07) is 100. The quantitative estimate of drug-likeness (QED) is 0.135. The lowest BCUT2D eigenvalue weighted by molar-refractivity contribution is 0.660. The smallest absolute Gasteiger partial charge is 0.0554 e. The molecule has 1 aromatic heterocycles. The van der Waals surface area contributed by atoms with Gasteiger partial charge >= 0.3 is 0 Å². The molecule has 0 fully saturated rings. The number of benzene rings is 12. The van der Waals surface area contributed by atoms with E-state index in [0.717, 1.165) is 62.3 Å². The van der Waals surface area contributed by atoms with Crippen molar-refractivity contribution in [3.05, 3.63) is 284 Å². The first-order chi connectivity index (χ1) is 37.0. The molecule has 1 aliphatic carbocycles. The summed E-state index contributed by atoms with van der Waals surface area (Å²) in [6.07, 6.45) is 0. The minimum Gasteiger partial charge on any atom is -0.310 e. The molecule has 1 heterocycles. The van der Waals surface area contributed by atoms with Gasteiger partial charge in [0.25, 0.3) is 0 Å². The molecule has 0 saturated heterocycles. The number of nitrogens with zero attached hydrogens (tertiary/aromatic N) is 3. The van der Waals surface area contributed by atoms with Gasteiger partial charge in [-0.1, -0.05) is 190 Å². The molecule has 0 atom stereocenters. The zero-order chi connectivity index (χ0) is 50.0. The highest BCUT2D eigenvalue weighted by Gasteiger charge is 2.36. The molecule has 0 aliphatic heterocycles. The van der Waals surface area contributed by atoms with Crippen molar-refractivity contribution in [2.75, 3.05) is 14.7 Å². The van der Waals surface area contributed by atoms with E-state index in [-0.39, 0.29) is 5.41 Å². The van der Waals surface area contributed by atoms with Crippen LogP contribution < -0.4 is 14.7 Å². The van der Waals surface area contributed by atoms with Crippen LogP contribution in [-0.4, -0.2) is 0 Å². The van der Waals surface area contributed by atoms with Gasteiger partial charge in [0.15, 0.2) is 0 Å². The second-order valence-corrected chi connectivity index (χ2v) is 21.2. The fourth-order valence-corrected chi connectivity index (χ4v) is 13.0. The van der Waals surface area contributed by atoms with Crippen LogP contribution in [-0.2, 0) is 5.41 Å². The number of para-hydroxylation sites is 3. The van der Waals surface area contributed by atoms with E-state index in [2.05, 4.69) is 302 Å². The first-order valence-electron chi connectivity index (χ1n) is 25.8. The van der Waals surface area contributed by atoms with E-state index < -0.39 is 0 Å². The summed E-state index contributed by atoms with van der Waals surface area (Å²) < 4.78 is 2.57. The Hall–Kier alpha value is -9.22. The Morgan fingerprint density at radius 3 is 1.56 bits per heavy atom. The Kier molecular flexibility index (Phi) is 10.7. The number of rotatable bonds is 10. The fraction of sp³-hybridized carbons (Fsp3) is 0.0423. The third-order valence-electron chi connectivity index (χ3n) is 15.3. The van der Waals surface area contributed by atoms with Gasteiger partial charge in [-0.3, -0.25) is 0 Å². The standard InChI is InChI=1S/C71H51N3S/c1-71(2)64-37-18-16-33-59(64)60-41-40-55(46-65(60)71)74(66-38-21-23-48-22-12-13-32-58(48)66)57-44-50(43-56(45-57)72(51-25-6-3-7-26-51)52-27-8-4-9-28-52)49-24-20-31-54(42-49)73(53-29-10-5-11-30-53)67-47-69-70(62-35-15-14-34-61(62)67)63-36-17-19-39-68(63)75-69/h3-47H,1-2H3. The highest BCUT2D eigenvalue weighted by molar-refractivity contribution is 7.26. The summed E-state index contributed by atoms with van der Waals surface area (Å²) in [5, 5.41) is 7.45. The summed E-state index contributed by atoms with van der Waals surface area (Å²) >= 11 is 1.87. The van der Waals surface area contributed by atoms with E-state index in [1.807, 2.05) is 11.3 Å². The van der Waals surface area contributed by atoms with Gasteiger partial charge in [0.05, 0.1) is 11.4 Å². The van der Waals surface area contributed by atoms with Gasteiger partial charge in [-0.05, 0) is 141 Å². The SMILES string of the molecule is CC1(C)c2ccccc2-c2ccc(N(c3cc(-c4cccc(N(c5ccccc5)c5cc6sc7ccccc7c6c6ccccc56)c4)cc(N(c4ccccc4)c4ccccc4)c3)c3cccc4ccccc34)cc21. The molecule has 0 amide bonds. The lowest BCUT2D eigenvalue weighted by atomic mass is 9.82. The Labute approximate surface area is 442 Å². The Morgan fingerprint density at radius 2 is 0.813 bits per heavy atom. The van der Waals surface area contributed by atoms with Crippen LogP contribution in [0.3, 0.4) is 0 Å². The molecular formula is C71H51N3S. The van der Waals surface area contributed by atoms with Crippen LogP contribution in [0.25, 0.3) is 64.0 Å². The van der Waals surface area contributed by atoms with E-state index in [0.29, 0.717) is 0 Å². The monoisotopic (exact) mass is 977 g/mol. The van der Waals surface area contributed by atoms with Crippen molar-refractivity contribution < 1.29 is 0 Å². The topological polar surface area (TPSA) is 9.72 Å². The van der Waals surface area contributed by atoms with Crippen LogP contribution in [0, 0.1) is 0 Å². The van der Waals surface area contributed by atoms with Crippen molar-refractivity contribution in [1.82, 2.24) is 0 Å². The van der Waals surface area contributed by atoms with Crippen molar-refractivity contribution in [3.63, 3.8) is 0 Å². The summed E-state index contributed by atoms with van der Waals surface area (Å²) in [5.74, 6) is 0. The highest BCUT2D eigenvalue weighted by Crippen LogP contribution is 2.53. The van der Waals surface area contributed by atoms with Crippen LogP contribution in [0.4, 0.5) is 51.2 Å². The molecule has 0 unspecified atom stereocenters. The Balaban J connectivity index is 1.02. The number of anilines is 9. The highest BCUT2D eigenvalue weighted by atomic mass is 32.1. The summed E-state index contributed by atoms with van der Waals surface area (Å²) in [6.45, 7) is 4.74. The van der Waals surface area contributed by atoms with E-state index in [1.54, 1.807) is 0 Å². The number of hydrogen-bond donors (Lipinski definition) is 0. The van der Waals surface area contributed by atoms with Gasteiger partial charge in [0.2, 0.25) is 0 Å². The van der Waals surface area contributed by atoms with Crippen LogP contribution in [0.15, 0.2) is 273 Å².